The molecule has 7 nitrogen and oxygen atoms in total. The molecule has 0 saturated heterocycles. The van der Waals surface area contributed by atoms with Gasteiger partial charge in [-0.25, -0.2) is 0 Å². The molecular weight excluding hydrogens is 450 g/mol. The number of amides is 2. The molecule has 3 aromatic carbocycles. The molecule has 3 aromatic rings. The molecule has 0 spiro atoms. The quantitative estimate of drug-likeness (QED) is 0.468. The average Bonchev–Trinajstić information content (AvgIpc) is 2.85. The topological polar surface area (TPSA) is 92.9 Å². The summed E-state index contributed by atoms with van der Waals surface area (Å²) in [7, 11) is 0. The van der Waals surface area contributed by atoms with Crippen LogP contribution in [0.15, 0.2) is 88.7 Å². The molecule has 0 fully saturated rings. The molecule has 0 radical (unpaired) electrons. The van der Waals surface area contributed by atoms with Crippen molar-refractivity contribution in [2.45, 2.75) is 22.6 Å². The fourth-order valence-corrected chi connectivity index (χ4v) is 4.84. The molecule has 4 rings (SSSR count). The van der Waals surface area contributed by atoms with E-state index in [-0.39, 0.29) is 19.4 Å². The Labute approximate surface area is 202 Å². The zero-order valence-corrected chi connectivity index (χ0v) is 19.4. The van der Waals surface area contributed by atoms with Crippen LogP contribution < -0.4 is 15.5 Å². The van der Waals surface area contributed by atoms with Crippen LogP contribution in [0.1, 0.15) is 12.8 Å². The van der Waals surface area contributed by atoms with Crippen molar-refractivity contribution in [1.29, 1.82) is 0 Å². The van der Waals surface area contributed by atoms with Gasteiger partial charge in [0.2, 0.25) is 5.91 Å². The molecule has 0 atom stereocenters. The van der Waals surface area contributed by atoms with E-state index in [2.05, 4.69) is 17.0 Å². The van der Waals surface area contributed by atoms with Crippen molar-refractivity contribution in [2.75, 3.05) is 29.5 Å². The van der Waals surface area contributed by atoms with E-state index >= 15 is 0 Å². The van der Waals surface area contributed by atoms with Crippen molar-refractivity contribution in [3.05, 3.63) is 78.9 Å². The molecule has 0 saturated carbocycles. The summed E-state index contributed by atoms with van der Waals surface area (Å²) in [6, 6.07) is 25.0. The van der Waals surface area contributed by atoms with Crippen LogP contribution in [0, 0.1) is 0 Å². The molecule has 0 unspecified atom stereocenters. The Morgan fingerprint density at radius 3 is 2.03 bits per heavy atom. The van der Waals surface area contributed by atoms with E-state index in [1.54, 1.807) is 36.0 Å². The van der Waals surface area contributed by atoms with Gasteiger partial charge in [0.25, 0.3) is 5.91 Å². The lowest BCUT2D eigenvalue weighted by Gasteiger charge is -2.32. The molecule has 2 amide bonds. The predicted octanol–water partition coefficient (Wildman–Crippen LogP) is 4.13. The number of hydrogen-bond acceptors (Lipinski definition) is 6. The van der Waals surface area contributed by atoms with Crippen LogP contribution >= 0.6 is 11.8 Å². The van der Waals surface area contributed by atoms with Gasteiger partial charge < -0.3 is 20.3 Å². The minimum absolute atomic E-state index is 0.0143. The smallest absolute Gasteiger partial charge is 0.308 e. The minimum Gasteiger partial charge on any atom is -0.455 e. The highest BCUT2D eigenvalue weighted by Gasteiger charge is 2.24. The van der Waals surface area contributed by atoms with Crippen molar-refractivity contribution in [3.8, 4) is 0 Å². The highest BCUT2D eigenvalue weighted by Crippen LogP contribution is 2.47. The number of nitrogens with two attached hydrogens (primary N) is 1. The maximum atomic E-state index is 12.8. The second-order valence-corrected chi connectivity index (χ2v) is 8.78. The lowest BCUT2D eigenvalue weighted by molar-refractivity contribution is -0.147. The third kappa shape index (κ3) is 5.58. The van der Waals surface area contributed by atoms with Gasteiger partial charge in [0.1, 0.15) is 0 Å². The molecule has 1 aliphatic rings. The standard InChI is InChI=1S/C26H25N3O4S/c27-24(30)14-16-28(19-8-2-1-3-9-19)25(31)18-33-26(32)15-17-29-20-10-4-6-12-22(20)34-23-13-7-5-11-21(23)29/h1-13H,14-18H2,(H2,27,30). The maximum Gasteiger partial charge on any atom is 0.308 e. The van der Waals surface area contributed by atoms with E-state index < -0.39 is 24.4 Å². The van der Waals surface area contributed by atoms with Gasteiger partial charge in [-0.1, -0.05) is 54.2 Å². The fourth-order valence-electron chi connectivity index (χ4n) is 3.75. The number of esters is 1. The van der Waals surface area contributed by atoms with Gasteiger partial charge in [-0.2, -0.15) is 0 Å². The van der Waals surface area contributed by atoms with Gasteiger partial charge in [0.15, 0.2) is 6.61 Å². The lowest BCUT2D eigenvalue weighted by Crippen LogP contribution is -2.37. The van der Waals surface area contributed by atoms with E-state index in [4.69, 9.17) is 10.5 Å². The SMILES string of the molecule is NC(=O)CCN(C(=O)COC(=O)CCN1c2ccccc2Sc2ccccc21)c1ccccc1. The van der Waals surface area contributed by atoms with E-state index in [9.17, 15) is 14.4 Å². The number of anilines is 3. The summed E-state index contributed by atoms with van der Waals surface area (Å²) in [4.78, 5) is 42.3. The van der Waals surface area contributed by atoms with Gasteiger partial charge >= 0.3 is 5.97 Å². The van der Waals surface area contributed by atoms with Gasteiger partial charge in [-0.05, 0) is 36.4 Å². The van der Waals surface area contributed by atoms with E-state index in [1.165, 1.54) is 4.90 Å². The number of hydrogen-bond donors (Lipinski definition) is 1. The summed E-state index contributed by atoms with van der Waals surface area (Å²) in [6.45, 7) is 0.135. The van der Waals surface area contributed by atoms with Crippen molar-refractivity contribution in [2.24, 2.45) is 5.73 Å². The molecule has 34 heavy (non-hydrogen) atoms. The van der Waals surface area contributed by atoms with Crippen molar-refractivity contribution >= 4 is 46.6 Å². The zero-order valence-electron chi connectivity index (χ0n) is 18.6. The monoisotopic (exact) mass is 475 g/mol. The number of primary amides is 1. The third-order valence-corrected chi connectivity index (χ3v) is 6.51. The molecular formula is C26H25N3O4S. The summed E-state index contributed by atoms with van der Waals surface area (Å²) >= 11 is 1.70. The number of fused-ring (bicyclic) bond motifs is 2. The van der Waals surface area contributed by atoms with Crippen LogP contribution in [0.25, 0.3) is 0 Å². The largest absolute Gasteiger partial charge is 0.455 e. The number of ether oxygens (including phenoxy) is 1. The molecule has 0 aliphatic carbocycles. The number of carbonyl (C=O) groups excluding carboxylic acids is 3. The zero-order chi connectivity index (χ0) is 23.9. The molecule has 174 valence electrons. The number of benzene rings is 3. The summed E-state index contributed by atoms with van der Waals surface area (Å²) in [5.41, 5.74) is 7.94. The van der Waals surface area contributed by atoms with Crippen molar-refractivity contribution < 1.29 is 19.1 Å². The van der Waals surface area contributed by atoms with Crippen molar-refractivity contribution in [1.82, 2.24) is 0 Å². The van der Waals surface area contributed by atoms with Crippen LogP contribution in [0.4, 0.5) is 17.1 Å². The molecule has 1 heterocycles. The molecule has 2 N–H and O–H groups in total. The van der Waals surface area contributed by atoms with Crippen LogP contribution in [-0.2, 0) is 19.1 Å². The molecule has 8 heteroatoms. The van der Waals surface area contributed by atoms with Crippen molar-refractivity contribution in [3.63, 3.8) is 0 Å². The summed E-state index contributed by atoms with van der Waals surface area (Å²) in [5.74, 6) is -1.39. The van der Waals surface area contributed by atoms with Crippen LogP contribution in [0.5, 0.6) is 0 Å². The number of nitrogens with zero attached hydrogens (tertiary/aromatic N) is 2. The van der Waals surface area contributed by atoms with Crippen LogP contribution in [-0.4, -0.2) is 37.5 Å². The van der Waals surface area contributed by atoms with Crippen LogP contribution in [0.3, 0.4) is 0 Å². The second kappa shape index (κ2) is 10.9. The average molecular weight is 476 g/mol. The van der Waals surface area contributed by atoms with Gasteiger partial charge in [0, 0.05) is 35.0 Å². The first-order valence-corrected chi connectivity index (χ1v) is 11.8. The Hall–Kier alpha value is -3.78. The van der Waals surface area contributed by atoms with Gasteiger partial charge in [-0.3, -0.25) is 14.4 Å². The normalized spacial score (nSPS) is 11.8. The van der Waals surface area contributed by atoms with E-state index in [1.807, 2.05) is 42.5 Å². The first-order chi connectivity index (χ1) is 16.5. The van der Waals surface area contributed by atoms with Crippen LogP contribution in [0.2, 0.25) is 0 Å². The Morgan fingerprint density at radius 1 is 0.824 bits per heavy atom. The number of rotatable bonds is 9. The highest BCUT2D eigenvalue weighted by atomic mass is 32.2. The Balaban J connectivity index is 1.38. The Morgan fingerprint density at radius 2 is 1.41 bits per heavy atom. The van der Waals surface area contributed by atoms with Gasteiger partial charge in [0.05, 0.1) is 17.8 Å². The van der Waals surface area contributed by atoms with E-state index in [0.29, 0.717) is 12.2 Å². The first-order valence-electron chi connectivity index (χ1n) is 11.0. The second-order valence-electron chi connectivity index (χ2n) is 7.70. The first kappa shape index (κ1) is 23.4. The molecule has 0 bridgehead atoms. The summed E-state index contributed by atoms with van der Waals surface area (Å²) in [6.07, 6.45) is 0.133. The Bertz CT molecular complexity index is 1140. The molecule has 0 aromatic heterocycles. The maximum absolute atomic E-state index is 12.8. The highest BCUT2D eigenvalue weighted by molar-refractivity contribution is 7.99. The minimum atomic E-state index is -0.508. The summed E-state index contributed by atoms with van der Waals surface area (Å²) < 4.78 is 5.30. The summed E-state index contributed by atoms with van der Waals surface area (Å²) in [5, 5.41) is 0. The number of carbonyl (C=O) groups is 3. The Kier molecular flexibility index (Phi) is 7.49. The van der Waals surface area contributed by atoms with E-state index in [0.717, 1.165) is 21.2 Å². The fraction of sp³-hybridized carbons (Fsp3) is 0.192. The molecule has 1 aliphatic heterocycles. The lowest BCUT2D eigenvalue weighted by atomic mass is 10.2. The third-order valence-electron chi connectivity index (χ3n) is 5.38. The van der Waals surface area contributed by atoms with Gasteiger partial charge in [-0.15, -0.1) is 0 Å². The predicted molar refractivity (Wildman–Crippen MR) is 132 cm³/mol. The number of para-hydroxylation sites is 3.